The third-order valence-electron chi connectivity index (χ3n) is 4.56. The predicted octanol–water partition coefficient (Wildman–Crippen LogP) is 6.84. The van der Waals surface area contributed by atoms with E-state index in [2.05, 4.69) is 21.2 Å². The smallest absolute Gasteiger partial charge is 0.266 e. The van der Waals surface area contributed by atoms with E-state index in [1.165, 1.54) is 0 Å². The molecule has 3 aromatic carbocycles. The van der Waals surface area contributed by atoms with Gasteiger partial charge in [0.1, 0.15) is 24.0 Å². The molecule has 0 aliphatic rings. The summed E-state index contributed by atoms with van der Waals surface area (Å²) < 4.78 is 6.56. The lowest BCUT2D eigenvalue weighted by molar-refractivity contribution is -0.112. The van der Waals surface area contributed by atoms with Crippen LogP contribution < -0.4 is 10.1 Å². The van der Waals surface area contributed by atoms with Gasteiger partial charge in [0, 0.05) is 10.7 Å². The lowest BCUT2D eigenvalue weighted by Crippen LogP contribution is -2.14. The predicted molar refractivity (Wildman–Crippen MR) is 128 cm³/mol. The largest absolute Gasteiger partial charge is 0.488 e. The van der Waals surface area contributed by atoms with E-state index in [1.54, 1.807) is 24.3 Å². The van der Waals surface area contributed by atoms with E-state index in [9.17, 15) is 10.1 Å². The summed E-state index contributed by atoms with van der Waals surface area (Å²) in [6.07, 6.45) is 1.55. The molecule has 0 heterocycles. The quantitative estimate of drug-likeness (QED) is 0.301. The molecule has 0 aliphatic carbocycles. The van der Waals surface area contributed by atoms with Crippen molar-refractivity contribution in [1.29, 1.82) is 5.26 Å². The van der Waals surface area contributed by atoms with Crippen molar-refractivity contribution < 1.29 is 9.53 Å². The van der Waals surface area contributed by atoms with Crippen LogP contribution in [-0.2, 0) is 11.4 Å². The van der Waals surface area contributed by atoms with E-state index in [0.717, 1.165) is 21.2 Å². The Bertz CT molecular complexity index is 1200. The third kappa shape index (κ3) is 6.21. The van der Waals surface area contributed by atoms with E-state index in [4.69, 9.17) is 16.3 Å². The van der Waals surface area contributed by atoms with Gasteiger partial charge in [-0.05, 0) is 88.4 Å². The summed E-state index contributed by atoms with van der Waals surface area (Å²) in [4.78, 5) is 12.6. The lowest BCUT2D eigenvalue weighted by Gasteiger charge is -2.10. The first kappa shape index (κ1) is 22.6. The molecule has 0 fully saturated rings. The minimum absolute atomic E-state index is 0.0143. The Kier molecular flexibility index (Phi) is 7.51. The molecule has 0 aliphatic heterocycles. The zero-order chi connectivity index (χ0) is 22.4. The number of anilines is 1. The highest BCUT2D eigenvalue weighted by Gasteiger charge is 2.12. The standard InChI is InChI=1S/C25H20BrClN2O2/c1-16-6-7-17(2)23(10-16)29-25(30)20(14-28)11-18-8-9-24(22(26)13-18)31-15-19-4-3-5-21(27)12-19/h3-13H,15H2,1-2H3,(H,29,30)/b20-11+. The van der Waals surface area contributed by atoms with Gasteiger partial charge in [-0.2, -0.15) is 5.26 Å². The molecule has 0 bridgehead atoms. The molecule has 0 atom stereocenters. The molecule has 0 saturated carbocycles. The van der Waals surface area contributed by atoms with Crippen molar-refractivity contribution in [2.75, 3.05) is 5.32 Å². The van der Waals surface area contributed by atoms with E-state index < -0.39 is 5.91 Å². The first-order valence-electron chi connectivity index (χ1n) is 9.53. The van der Waals surface area contributed by atoms with Gasteiger partial charge in [-0.25, -0.2) is 0 Å². The van der Waals surface area contributed by atoms with Gasteiger partial charge in [-0.3, -0.25) is 4.79 Å². The molecule has 0 spiro atoms. The van der Waals surface area contributed by atoms with Gasteiger partial charge in [0.05, 0.1) is 4.47 Å². The molecule has 0 saturated heterocycles. The Labute approximate surface area is 195 Å². The molecule has 156 valence electrons. The highest BCUT2D eigenvalue weighted by Crippen LogP contribution is 2.28. The minimum Gasteiger partial charge on any atom is -0.488 e. The van der Waals surface area contributed by atoms with Crippen molar-refractivity contribution in [2.45, 2.75) is 20.5 Å². The average Bonchev–Trinajstić information content (AvgIpc) is 2.74. The maximum absolute atomic E-state index is 12.6. The van der Waals surface area contributed by atoms with E-state index in [1.807, 2.05) is 62.4 Å². The second-order valence-electron chi connectivity index (χ2n) is 7.05. The molecule has 0 unspecified atom stereocenters. The maximum atomic E-state index is 12.6. The zero-order valence-corrected chi connectivity index (χ0v) is 19.4. The van der Waals surface area contributed by atoms with Gasteiger partial charge >= 0.3 is 0 Å². The number of nitrogens with zero attached hydrogens (tertiary/aromatic N) is 1. The average molecular weight is 496 g/mol. The van der Waals surface area contributed by atoms with Crippen molar-refractivity contribution in [1.82, 2.24) is 0 Å². The van der Waals surface area contributed by atoms with Crippen LogP contribution in [0, 0.1) is 25.2 Å². The van der Waals surface area contributed by atoms with E-state index in [0.29, 0.717) is 28.6 Å². The van der Waals surface area contributed by atoms with Crippen molar-refractivity contribution >= 4 is 45.2 Å². The van der Waals surface area contributed by atoms with Crippen molar-refractivity contribution in [3.05, 3.63) is 98.0 Å². The van der Waals surface area contributed by atoms with Crippen LogP contribution in [0.4, 0.5) is 5.69 Å². The fourth-order valence-electron chi connectivity index (χ4n) is 2.89. The molecule has 0 aromatic heterocycles. The highest BCUT2D eigenvalue weighted by molar-refractivity contribution is 9.10. The number of aryl methyl sites for hydroxylation is 2. The summed E-state index contributed by atoms with van der Waals surface area (Å²) in [5, 5.41) is 13.0. The van der Waals surface area contributed by atoms with Gasteiger partial charge in [0.15, 0.2) is 0 Å². The number of carbonyl (C=O) groups is 1. The summed E-state index contributed by atoms with van der Waals surface area (Å²) in [6.45, 7) is 4.23. The van der Waals surface area contributed by atoms with Crippen LogP contribution in [0.25, 0.3) is 6.08 Å². The number of carbonyl (C=O) groups excluding carboxylic acids is 1. The lowest BCUT2D eigenvalue weighted by atomic mass is 10.1. The first-order chi connectivity index (χ1) is 14.9. The molecule has 3 aromatic rings. The number of ether oxygens (including phenoxy) is 1. The fraction of sp³-hybridized carbons (Fsp3) is 0.120. The van der Waals surface area contributed by atoms with Gasteiger partial charge in [-0.1, -0.05) is 41.9 Å². The summed E-state index contributed by atoms with van der Waals surface area (Å²) in [5.41, 5.74) is 4.33. The Hall–Kier alpha value is -3.07. The fourth-order valence-corrected chi connectivity index (χ4v) is 3.61. The summed E-state index contributed by atoms with van der Waals surface area (Å²) >= 11 is 9.49. The minimum atomic E-state index is -0.450. The topological polar surface area (TPSA) is 62.1 Å². The molecule has 4 nitrogen and oxygen atoms in total. The normalized spacial score (nSPS) is 11.0. The van der Waals surface area contributed by atoms with E-state index in [-0.39, 0.29) is 5.57 Å². The molecular weight excluding hydrogens is 476 g/mol. The van der Waals surface area contributed by atoms with Crippen molar-refractivity contribution in [3.63, 3.8) is 0 Å². The number of amides is 1. The van der Waals surface area contributed by atoms with Crippen LogP contribution in [0.2, 0.25) is 5.02 Å². The third-order valence-corrected chi connectivity index (χ3v) is 5.41. The number of hydrogen-bond acceptors (Lipinski definition) is 3. The van der Waals surface area contributed by atoms with Crippen LogP contribution in [0.3, 0.4) is 0 Å². The number of benzene rings is 3. The Morgan fingerprint density at radius 3 is 2.68 bits per heavy atom. The SMILES string of the molecule is Cc1ccc(C)c(NC(=O)/C(C#N)=C/c2ccc(OCc3cccc(Cl)c3)c(Br)c2)c1. The van der Waals surface area contributed by atoms with Crippen LogP contribution in [0.15, 0.2) is 70.7 Å². The number of hydrogen-bond donors (Lipinski definition) is 1. The molecule has 3 rings (SSSR count). The molecule has 1 N–H and O–H groups in total. The summed E-state index contributed by atoms with van der Waals surface area (Å²) in [7, 11) is 0. The molecule has 31 heavy (non-hydrogen) atoms. The number of nitriles is 1. The second kappa shape index (κ2) is 10.3. The number of rotatable bonds is 6. The van der Waals surface area contributed by atoms with Gasteiger partial charge in [0.2, 0.25) is 0 Å². The van der Waals surface area contributed by atoms with Crippen LogP contribution >= 0.6 is 27.5 Å². The monoisotopic (exact) mass is 494 g/mol. The van der Waals surface area contributed by atoms with Crippen LogP contribution in [-0.4, -0.2) is 5.91 Å². The molecule has 1 amide bonds. The van der Waals surface area contributed by atoms with Gasteiger partial charge in [0.25, 0.3) is 5.91 Å². The van der Waals surface area contributed by atoms with E-state index >= 15 is 0 Å². The van der Waals surface area contributed by atoms with Crippen LogP contribution in [0.5, 0.6) is 5.75 Å². The van der Waals surface area contributed by atoms with Gasteiger partial charge < -0.3 is 10.1 Å². The molecule has 6 heteroatoms. The Balaban J connectivity index is 1.73. The number of nitrogens with one attached hydrogen (secondary N) is 1. The summed E-state index contributed by atoms with van der Waals surface area (Å²) in [6, 6.07) is 20.6. The Morgan fingerprint density at radius 2 is 1.97 bits per heavy atom. The maximum Gasteiger partial charge on any atom is 0.266 e. The zero-order valence-electron chi connectivity index (χ0n) is 17.1. The van der Waals surface area contributed by atoms with Crippen LogP contribution in [0.1, 0.15) is 22.3 Å². The number of halogens is 2. The van der Waals surface area contributed by atoms with Crippen molar-refractivity contribution in [2.24, 2.45) is 0 Å². The second-order valence-corrected chi connectivity index (χ2v) is 8.34. The molecular formula is C25H20BrClN2O2. The summed E-state index contributed by atoms with van der Waals surface area (Å²) in [5.74, 6) is 0.198. The Morgan fingerprint density at radius 1 is 1.16 bits per heavy atom. The van der Waals surface area contributed by atoms with Crippen molar-refractivity contribution in [3.8, 4) is 11.8 Å². The molecule has 0 radical (unpaired) electrons. The van der Waals surface area contributed by atoms with Gasteiger partial charge in [-0.15, -0.1) is 0 Å². The highest BCUT2D eigenvalue weighted by atomic mass is 79.9. The first-order valence-corrected chi connectivity index (χ1v) is 10.7.